The Morgan fingerprint density at radius 3 is 2.80 bits per heavy atom. The molecule has 1 aromatic rings. The van der Waals surface area contributed by atoms with Gasteiger partial charge in [0.2, 0.25) is 0 Å². The van der Waals surface area contributed by atoms with Crippen LogP contribution in [0.5, 0.6) is 0 Å². The van der Waals surface area contributed by atoms with Crippen molar-refractivity contribution in [2.45, 2.75) is 38.0 Å². The second kappa shape index (κ2) is 6.24. The second-order valence-electron chi connectivity index (χ2n) is 5.84. The first-order valence-corrected chi connectivity index (χ1v) is 7.67. The largest absolute Gasteiger partial charge is 0.356 e. The van der Waals surface area contributed by atoms with E-state index in [1.807, 2.05) is 7.05 Å². The lowest BCUT2D eigenvalue weighted by atomic mass is 9.96. The van der Waals surface area contributed by atoms with Crippen LogP contribution in [-0.4, -0.2) is 52.7 Å². The minimum absolute atomic E-state index is 0.512. The molecule has 0 amide bonds. The molecule has 2 heterocycles. The van der Waals surface area contributed by atoms with Crippen molar-refractivity contribution >= 4 is 5.96 Å². The molecular weight excluding hydrogens is 252 g/mol. The summed E-state index contributed by atoms with van der Waals surface area (Å²) in [6, 6.07) is 0. The molecule has 0 radical (unpaired) electrons. The average molecular weight is 276 g/mol. The number of hydrogen-bond acceptors (Lipinski definition) is 3. The number of nitrogens with one attached hydrogen (secondary N) is 2. The van der Waals surface area contributed by atoms with Crippen LogP contribution < -0.4 is 5.32 Å². The first-order chi connectivity index (χ1) is 9.86. The van der Waals surface area contributed by atoms with Crippen LogP contribution >= 0.6 is 0 Å². The standard InChI is InChI=1S/C14H24N6/c1-15-14(16-7-4-11-2-3-11)20-8-5-12(6-9-20)13-17-10-18-19-13/h10-12H,2-9H2,1H3,(H,15,16)(H,17,18,19). The molecule has 2 fully saturated rings. The third kappa shape index (κ3) is 3.29. The lowest BCUT2D eigenvalue weighted by Gasteiger charge is -2.33. The van der Waals surface area contributed by atoms with Gasteiger partial charge in [-0.2, -0.15) is 5.10 Å². The molecule has 0 aromatic carbocycles. The van der Waals surface area contributed by atoms with Crippen molar-refractivity contribution < 1.29 is 0 Å². The summed E-state index contributed by atoms with van der Waals surface area (Å²) in [4.78, 5) is 11.0. The molecule has 6 nitrogen and oxygen atoms in total. The molecular formula is C14H24N6. The Hall–Kier alpha value is -1.59. The molecule has 6 heteroatoms. The number of piperidine rings is 1. The maximum Gasteiger partial charge on any atom is 0.193 e. The number of rotatable bonds is 4. The minimum atomic E-state index is 0.512. The van der Waals surface area contributed by atoms with Crippen LogP contribution in [0.3, 0.4) is 0 Å². The molecule has 2 aliphatic rings. The topological polar surface area (TPSA) is 69.2 Å². The fourth-order valence-corrected chi connectivity index (χ4v) is 2.90. The number of aromatic nitrogens is 3. The van der Waals surface area contributed by atoms with E-state index in [1.54, 1.807) is 6.33 Å². The van der Waals surface area contributed by atoms with Crippen molar-refractivity contribution in [3.8, 4) is 0 Å². The van der Waals surface area contributed by atoms with Gasteiger partial charge in [-0.3, -0.25) is 10.1 Å². The molecule has 0 bridgehead atoms. The molecule has 20 heavy (non-hydrogen) atoms. The van der Waals surface area contributed by atoms with E-state index in [4.69, 9.17) is 0 Å². The van der Waals surface area contributed by atoms with E-state index >= 15 is 0 Å². The van der Waals surface area contributed by atoms with Crippen LogP contribution in [0.2, 0.25) is 0 Å². The van der Waals surface area contributed by atoms with Crippen LogP contribution in [-0.2, 0) is 0 Å². The van der Waals surface area contributed by atoms with Gasteiger partial charge in [-0.15, -0.1) is 0 Å². The predicted molar refractivity (Wildman–Crippen MR) is 78.6 cm³/mol. The third-order valence-corrected chi connectivity index (χ3v) is 4.36. The summed E-state index contributed by atoms with van der Waals surface area (Å²) >= 11 is 0. The van der Waals surface area contributed by atoms with Crippen molar-refractivity contribution in [2.75, 3.05) is 26.7 Å². The van der Waals surface area contributed by atoms with Gasteiger partial charge in [0.05, 0.1) is 0 Å². The van der Waals surface area contributed by atoms with Gasteiger partial charge in [0.15, 0.2) is 5.96 Å². The Labute approximate surface area is 120 Å². The van der Waals surface area contributed by atoms with E-state index in [0.717, 1.165) is 50.2 Å². The maximum atomic E-state index is 4.41. The molecule has 1 saturated heterocycles. The van der Waals surface area contributed by atoms with Crippen molar-refractivity contribution in [1.82, 2.24) is 25.4 Å². The molecule has 2 N–H and O–H groups in total. The number of guanidine groups is 1. The van der Waals surface area contributed by atoms with E-state index in [0.29, 0.717) is 5.92 Å². The number of hydrogen-bond donors (Lipinski definition) is 2. The third-order valence-electron chi connectivity index (χ3n) is 4.36. The van der Waals surface area contributed by atoms with E-state index in [2.05, 4.69) is 30.4 Å². The summed E-state index contributed by atoms with van der Waals surface area (Å²) in [6.45, 7) is 3.13. The van der Waals surface area contributed by atoms with E-state index in [9.17, 15) is 0 Å². The van der Waals surface area contributed by atoms with E-state index < -0.39 is 0 Å². The Bertz CT molecular complexity index is 429. The summed E-state index contributed by atoms with van der Waals surface area (Å²) in [5, 5.41) is 10.4. The molecule has 110 valence electrons. The number of aromatic amines is 1. The van der Waals surface area contributed by atoms with Crippen molar-refractivity contribution in [1.29, 1.82) is 0 Å². The highest BCUT2D eigenvalue weighted by molar-refractivity contribution is 5.79. The first-order valence-electron chi connectivity index (χ1n) is 7.67. The van der Waals surface area contributed by atoms with Gasteiger partial charge in [-0.25, -0.2) is 4.98 Å². The van der Waals surface area contributed by atoms with Gasteiger partial charge in [0, 0.05) is 32.6 Å². The summed E-state index contributed by atoms with van der Waals surface area (Å²) in [5.74, 6) is 3.57. The van der Waals surface area contributed by atoms with E-state index in [1.165, 1.54) is 19.3 Å². The number of nitrogens with zero attached hydrogens (tertiary/aromatic N) is 4. The van der Waals surface area contributed by atoms with Crippen LogP contribution in [0.1, 0.15) is 43.8 Å². The first kappa shape index (κ1) is 13.4. The highest BCUT2D eigenvalue weighted by atomic mass is 15.3. The van der Waals surface area contributed by atoms with E-state index in [-0.39, 0.29) is 0 Å². The summed E-state index contributed by atoms with van der Waals surface area (Å²) in [5.41, 5.74) is 0. The Morgan fingerprint density at radius 1 is 1.40 bits per heavy atom. The molecule has 1 aromatic heterocycles. The van der Waals surface area contributed by atoms with Crippen molar-refractivity contribution in [3.05, 3.63) is 12.2 Å². The van der Waals surface area contributed by atoms with Crippen molar-refractivity contribution in [2.24, 2.45) is 10.9 Å². The Kier molecular flexibility index (Phi) is 4.18. The zero-order valence-corrected chi connectivity index (χ0v) is 12.2. The summed E-state index contributed by atoms with van der Waals surface area (Å²) < 4.78 is 0. The molecule has 0 unspecified atom stereocenters. The molecule has 0 spiro atoms. The van der Waals surface area contributed by atoms with Crippen LogP contribution in [0, 0.1) is 5.92 Å². The lowest BCUT2D eigenvalue weighted by Crippen LogP contribution is -2.45. The van der Waals surface area contributed by atoms with Gasteiger partial charge >= 0.3 is 0 Å². The molecule has 1 saturated carbocycles. The zero-order chi connectivity index (χ0) is 13.8. The molecule has 0 atom stereocenters. The maximum absolute atomic E-state index is 4.41. The fourth-order valence-electron chi connectivity index (χ4n) is 2.90. The highest BCUT2D eigenvalue weighted by Gasteiger charge is 2.25. The quantitative estimate of drug-likeness (QED) is 0.643. The van der Waals surface area contributed by atoms with Gasteiger partial charge in [-0.05, 0) is 25.2 Å². The second-order valence-corrected chi connectivity index (χ2v) is 5.84. The van der Waals surface area contributed by atoms with Crippen LogP contribution in [0.25, 0.3) is 0 Å². The number of aliphatic imine (C=N–C) groups is 1. The summed E-state index contributed by atoms with van der Waals surface area (Å²) in [6.07, 6.45) is 7.94. The monoisotopic (exact) mass is 276 g/mol. The highest BCUT2D eigenvalue weighted by Crippen LogP contribution is 2.31. The molecule has 1 aliphatic carbocycles. The SMILES string of the molecule is CN=C(NCCC1CC1)N1CCC(c2ncn[nH]2)CC1. The predicted octanol–water partition coefficient (Wildman–Crippen LogP) is 1.36. The smallest absolute Gasteiger partial charge is 0.193 e. The average Bonchev–Trinajstić information content (AvgIpc) is 3.15. The zero-order valence-electron chi connectivity index (χ0n) is 12.2. The van der Waals surface area contributed by atoms with Gasteiger partial charge in [-0.1, -0.05) is 12.8 Å². The number of H-pyrrole nitrogens is 1. The van der Waals surface area contributed by atoms with Gasteiger partial charge < -0.3 is 10.2 Å². The Balaban J connectivity index is 1.45. The van der Waals surface area contributed by atoms with Crippen molar-refractivity contribution in [3.63, 3.8) is 0 Å². The normalized spacial score (nSPS) is 21.2. The molecule has 3 rings (SSSR count). The fraction of sp³-hybridized carbons (Fsp3) is 0.786. The summed E-state index contributed by atoms with van der Waals surface area (Å²) in [7, 11) is 1.88. The van der Waals surface area contributed by atoms with Gasteiger partial charge in [0.25, 0.3) is 0 Å². The lowest BCUT2D eigenvalue weighted by molar-refractivity contribution is 0.298. The molecule has 1 aliphatic heterocycles. The Morgan fingerprint density at radius 2 is 2.20 bits per heavy atom. The van der Waals surface area contributed by atoms with Crippen LogP contribution in [0.15, 0.2) is 11.3 Å². The van der Waals surface area contributed by atoms with Gasteiger partial charge in [0.1, 0.15) is 12.2 Å². The number of likely N-dealkylation sites (tertiary alicyclic amines) is 1. The minimum Gasteiger partial charge on any atom is -0.356 e. The van der Waals surface area contributed by atoms with Crippen LogP contribution in [0.4, 0.5) is 0 Å².